The molecule has 0 radical (unpaired) electrons. The van der Waals surface area contributed by atoms with E-state index in [0.29, 0.717) is 12.1 Å². The highest BCUT2D eigenvalue weighted by atomic mass is 15.1. The van der Waals surface area contributed by atoms with E-state index in [9.17, 15) is 0 Å². The summed E-state index contributed by atoms with van der Waals surface area (Å²) in [6.07, 6.45) is 5.27. The average Bonchev–Trinajstić information content (AvgIpc) is 2.43. The van der Waals surface area contributed by atoms with Crippen molar-refractivity contribution in [2.75, 3.05) is 13.1 Å². The van der Waals surface area contributed by atoms with Crippen molar-refractivity contribution >= 4 is 0 Å². The molecule has 90 valence electrons. The van der Waals surface area contributed by atoms with Gasteiger partial charge in [-0.25, -0.2) is 0 Å². The number of likely N-dealkylation sites (tertiary alicyclic amines) is 1. The van der Waals surface area contributed by atoms with E-state index in [0.717, 1.165) is 6.04 Å². The number of rotatable bonds is 4. The van der Waals surface area contributed by atoms with Gasteiger partial charge in [0.1, 0.15) is 0 Å². The third-order valence-corrected chi connectivity index (χ3v) is 3.63. The number of hydrogen-bond acceptors (Lipinski definition) is 2. The Balaban J connectivity index is 2.32. The highest BCUT2D eigenvalue weighted by molar-refractivity contribution is 4.78. The molecule has 0 bridgehead atoms. The molecule has 2 heteroatoms. The van der Waals surface area contributed by atoms with Gasteiger partial charge in [-0.1, -0.05) is 6.92 Å². The molecule has 0 aromatic carbocycles. The maximum atomic E-state index is 3.74. The van der Waals surface area contributed by atoms with Crippen LogP contribution in [0.4, 0.5) is 0 Å². The minimum Gasteiger partial charge on any atom is -0.311 e. The van der Waals surface area contributed by atoms with Crippen LogP contribution in [0.15, 0.2) is 0 Å². The average molecular weight is 212 g/mol. The second-order valence-corrected chi connectivity index (χ2v) is 5.23. The Kier molecular flexibility index (Phi) is 5.62. The van der Waals surface area contributed by atoms with Crippen molar-refractivity contribution in [3.63, 3.8) is 0 Å². The maximum absolute atomic E-state index is 3.74. The van der Waals surface area contributed by atoms with E-state index >= 15 is 0 Å². The Bertz CT molecular complexity index is 168. The minimum atomic E-state index is 0.681. The van der Waals surface area contributed by atoms with Gasteiger partial charge < -0.3 is 10.2 Å². The van der Waals surface area contributed by atoms with Gasteiger partial charge in [-0.3, -0.25) is 0 Å². The lowest BCUT2D eigenvalue weighted by Crippen LogP contribution is -2.37. The Morgan fingerprint density at radius 1 is 1.20 bits per heavy atom. The van der Waals surface area contributed by atoms with E-state index in [1.165, 1.54) is 38.8 Å². The zero-order valence-corrected chi connectivity index (χ0v) is 10.9. The van der Waals surface area contributed by atoms with Crippen LogP contribution in [-0.4, -0.2) is 36.1 Å². The zero-order chi connectivity index (χ0) is 11.3. The van der Waals surface area contributed by atoms with Crippen LogP contribution < -0.4 is 5.32 Å². The third kappa shape index (κ3) is 4.52. The Morgan fingerprint density at radius 2 is 1.93 bits per heavy atom. The molecule has 2 nitrogen and oxygen atoms in total. The largest absolute Gasteiger partial charge is 0.311 e. The molecule has 2 atom stereocenters. The van der Waals surface area contributed by atoms with Gasteiger partial charge in [-0.15, -0.1) is 0 Å². The van der Waals surface area contributed by atoms with Crippen LogP contribution >= 0.6 is 0 Å². The van der Waals surface area contributed by atoms with Gasteiger partial charge in [0.2, 0.25) is 0 Å². The van der Waals surface area contributed by atoms with Crippen molar-refractivity contribution < 1.29 is 0 Å². The summed E-state index contributed by atoms with van der Waals surface area (Å²) >= 11 is 0. The molecule has 0 spiro atoms. The Labute approximate surface area is 95.4 Å². The first-order chi connectivity index (χ1) is 7.13. The van der Waals surface area contributed by atoms with Crippen LogP contribution in [0.1, 0.15) is 53.4 Å². The molecular weight excluding hydrogens is 184 g/mol. The topological polar surface area (TPSA) is 15.3 Å². The summed E-state index contributed by atoms with van der Waals surface area (Å²) in [5.41, 5.74) is 0. The summed E-state index contributed by atoms with van der Waals surface area (Å²) < 4.78 is 0. The van der Waals surface area contributed by atoms with E-state index in [2.05, 4.69) is 37.9 Å². The van der Waals surface area contributed by atoms with Crippen molar-refractivity contribution in [2.24, 2.45) is 0 Å². The molecule has 2 unspecified atom stereocenters. The molecule has 0 aromatic heterocycles. The fourth-order valence-corrected chi connectivity index (χ4v) is 2.32. The van der Waals surface area contributed by atoms with Gasteiger partial charge in [0, 0.05) is 18.1 Å². The quantitative estimate of drug-likeness (QED) is 0.770. The number of nitrogens with zero attached hydrogens (tertiary/aromatic N) is 1. The molecule has 0 aromatic rings. The van der Waals surface area contributed by atoms with Crippen LogP contribution in [0.3, 0.4) is 0 Å². The molecule has 1 rings (SSSR count). The van der Waals surface area contributed by atoms with Gasteiger partial charge in [-0.05, 0) is 59.5 Å². The van der Waals surface area contributed by atoms with Crippen molar-refractivity contribution in [3.05, 3.63) is 0 Å². The molecule has 1 aliphatic heterocycles. The highest BCUT2D eigenvalue weighted by Crippen LogP contribution is 2.14. The summed E-state index contributed by atoms with van der Waals surface area (Å²) in [6.45, 7) is 11.7. The smallest absolute Gasteiger partial charge is 0.00821 e. The number of hydrogen-bond donors (Lipinski definition) is 1. The summed E-state index contributed by atoms with van der Waals surface area (Å²) in [7, 11) is 0. The first kappa shape index (κ1) is 13.0. The summed E-state index contributed by atoms with van der Waals surface area (Å²) in [5, 5.41) is 3.74. The molecule has 15 heavy (non-hydrogen) atoms. The van der Waals surface area contributed by atoms with Crippen LogP contribution in [0.25, 0.3) is 0 Å². The molecule has 1 N–H and O–H groups in total. The van der Waals surface area contributed by atoms with E-state index in [1.54, 1.807) is 0 Å². The normalized spacial score (nSPS) is 26.6. The predicted octanol–water partition coefficient (Wildman–Crippen LogP) is 2.64. The van der Waals surface area contributed by atoms with Gasteiger partial charge in [0.15, 0.2) is 0 Å². The highest BCUT2D eigenvalue weighted by Gasteiger charge is 2.18. The van der Waals surface area contributed by atoms with Gasteiger partial charge >= 0.3 is 0 Å². The first-order valence-corrected chi connectivity index (χ1v) is 6.63. The van der Waals surface area contributed by atoms with Crippen molar-refractivity contribution in [2.45, 2.75) is 71.5 Å². The first-order valence-electron chi connectivity index (χ1n) is 6.63. The molecule has 0 amide bonds. The van der Waals surface area contributed by atoms with Crippen LogP contribution in [0, 0.1) is 0 Å². The van der Waals surface area contributed by atoms with Crippen molar-refractivity contribution in [1.29, 1.82) is 0 Å². The molecule has 0 saturated carbocycles. The second kappa shape index (κ2) is 6.49. The second-order valence-electron chi connectivity index (χ2n) is 5.23. The summed E-state index contributed by atoms with van der Waals surface area (Å²) in [5.74, 6) is 0. The maximum Gasteiger partial charge on any atom is 0.00821 e. The van der Waals surface area contributed by atoms with Crippen LogP contribution in [0.5, 0.6) is 0 Å². The lowest BCUT2D eigenvalue weighted by atomic mass is 10.1. The molecule has 1 aliphatic rings. The molecule has 1 saturated heterocycles. The predicted molar refractivity (Wildman–Crippen MR) is 67.2 cm³/mol. The Morgan fingerprint density at radius 3 is 2.53 bits per heavy atom. The molecule has 1 fully saturated rings. The van der Waals surface area contributed by atoms with E-state index in [4.69, 9.17) is 0 Å². The molecule has 1 heterocycles. The SMILES string of the molecule is CCC(C)NC1CCCN(C(C)C)CC1. The van der Waals surface area contributed by atoms with Crippen molar-refractivity contribution in [3.8, 4) is 0 Å². The standard InChI is InChI=1S/C13H28N2/c1-5-12(4)14-13-7-6-9-15(10-8-13)11(2)3/h11-14H,5-10H2,1-4H3. The molecular formula is C13H28N2. The lowest BCUT2D eigenvalue weighted by Gasteiger charge is -2.25. The van der Waals surface area contributed by atoms with Crippen LogP contribution in [-0.2, 0) is 0 Å². The van der Waals surface area contributed by atoms with E-state index < -0.39 is 0 Å². The summed E-state index contributed by atoms with van der Waals surface area (Å²) in [6, 6.07) is 2.15. The fraction of sp³-hybridized carbons (Fsp3) is 1.00. The van der Waals surface area contributed by atoms with E-state index in [1.807, 2.05) is 0 Å². The van der Waals surface area contributed by atoms with Crippen molar-refractivity contribution in [1.82, 2.24) is 10.2 Å². The zero-order valence-electron chi connectivity index (χ0n) is 10.9. The fourth-order valence-electron chi connectivity index (χ4n) is 2.32. The van der Waals surface area contributed by atoms with Gasteiger partial charge in [0.05, 0.1) is 0 Å². The summed E-state index contributed by atoms with van der Waals surface area (Å²) in [4.78, 5) is 2.61. The van der Waals surface area contributed by atoms with Gasteiger partial charge in [-0.2, -0.15) is 0 Å². The van der Waals surface area contributed by atoms with Crippen LogP contribution in [0.2, 0.25) is 0 Å². The van der Waals surface area contributed by atoms with Gasteiger partial charge in [0.25, 0.3) is 0 Å². The Hall–Kier alpha value is -0.0800. The monoisotopic (exact) mass is 212 g/mol. The molecule has 0 aliphatic carbocycles. The third-order valence-electron chi connectivity index (χ3n) is 3.63. The lowest BCUT2D eigenvalue weighted by molar-refractivity contribution is 0.228. The van der Waals surface area contributed by atoms with E-state index in [-0.39, 0.29) is 0 Å². The number of nitrogens with one attached hydrogen (secondary N) is 1. The minimum absolute atomic E-state index is 0.681.